The average molecular weight is 327 g/mol. The molecule has 0 atom stereocenters. The van der Waals surface area contributed by atoms with Crippen LogP contribution in [0.3, 0.4) is 0 Å². The first kappa shape index (κ1) is 18.6. The number of ether oxygens (including phenoxy) is 1. The van der Waals surface area contributed by atoms with Gasteiger partial charge in [-0.05, 0) is 24.3 Å². The second kappa shape index (κ2) is 7.68. The van der Waals surface area contributed by atoms with E-state index < -0.39 is 24.1 Å². The van der Waals surface area contributed by atoms with Crippen LogP contribution in [0, 0.1) is 11.6 Å². The summed E-state index contributed by atoms with van der Waals surface area (Å²) in [6.07, 6.45) is 1.75. The summed E-state index contributed by atoms with van der Waals surface area (Å²) in [5.74, 6) is -1.52. The summed E-state index contributed by atoms with van der Waals surface area (Å²) in [7, 11) is 0. The van der Waals surface area contributed by atoms with Crippen LogP contribution < -0.4 is 61.6 Å². The van der Waals surface area contributed by atoms with Crippen LogP contribution in [0.5, 0.6) is 5.75 Å². The van der Waals surface area contributed by atoms with E-state index in [9.17, 15) is 21.7 Å². The monoisotopic (exact) mass is 327 g/mol. The molecule has 1 aromatic heterocycles. The summed E-state index contributed by atoms with van der Waals surface area (Å²) in [6.45, 7) is -5.58. The SMILES string of the molecule is Fc1ccc(F)c(COc2cncc([B-](F)(F)F)c2)c1.[K+]. The van der Waals surface area contributed by atoms with E-state index in [1.165, 1.54) is 0 Å². The fraction of sp³-hybridized carbons (Fsp3) is 0.0833. The largest absolute Gasteiger partial charge is 1.00 e. The van der Waals surface area contributed by atoms with Gasteiger partial charge in [-0.2, -0.15) is 0 Å². The molecule has 0 fully saturated rings. The minimum atomic E-state index is -5.19. The molecule has 106 valence electrons. The number of halogens is 5. The third-order valence-corrected chi connectivity index (χ3v) is 2.51. The Morgan fingerprint density at radius 2 is 1.76 bits per heavy atom. The maximum atomic E-state index is 13.3. The topological polar surface area (TPSA) is 22.1 Å². The number of rotatable bonds is 4. The van der Waals surface area contributed by atoms with Gasteiger partial charge < -0.3 is 17.7 Å². The van der Waals surface area contributed by atoms with Crippen molar-refractivity contribution in [2.75, 3.05) is 0 Å². The van der Waals surface area contributed by atoms with E-state index in [4.69, 9.17) is 4.74 Å². The zero-order chi connectivity index (χ0) is 14.8. The van der Waals surface area contributed by atoms with Crippen molar-refractivity contribution in [1.29, 1.82) is 0 Å². The van der Waals surface area contributed by atoms with E-state index in [1.54, 1.807) is 0 Å². The van der Waals surface area contributed by atoms with Crippen LogP contribution in [0.1, 0.15) is 5.56 Å². The normalized spacial score (nSPS) is 10.9. The molecule has 1 aromatic carbocycles. The number of hydrogen-bond acceptors (Lipinski definition) is 2. The predicted molar refractivity (Wildman–Crippen MR) is 63.6 cm³/mol. The minimum absolute atomic E-state index is 0. The molecule has 0 spiro atoms. The molecule has 0 aliphatic heterocycles. The molecular formula is C12H8BF5KNO. The number of hydrogen-bond donors (Lipinski definition) is 0. The van der Waals surface area contributed by atoms with Gasteiger partial charge in [0.1, 0.15) is 24.0 Å². The van der Waals surface area contributed by atoms with Crippen LogP contribution >= 0.6 is 0 Å². The number of benzene rings is 1. The summed E-state index contributed by atoms with van der Waals surface area (Å²) >= 11 is 0. The Bertz CT molecular complexity index is 623. The third kappa shape index (κ3) is 5.33. The standard InChI is InChI=1S/C12H8BF5NO.K/c14-10-1-2-12(15)8(3-10)7-20-11-4-9(5-19-6-11)13(16,17)18;/h1-6H,7H2;/q-1;+1. The number of pyridine rings is 1. The van der Waals surface area contributed by atoms with Crippen molar-refractivity contribution in [3.63, 3.8) is 0 Å². The Balaban J connectivity index is 0.00000220. The molecule has 21 heavy (non-hydrogen) atoms. The molecule has 0 amide bonds. The van der Waals surface area contributed by atoms with Crippen molar-refractivity contribution in [2.45, 2.75) is 6.61 Å². The first-order valence-electron chi connectivity index (χ1n) is 5.58. The zero-order valence-electron chi connectivity index (χ0n) is 11.0. The predicted octanol–water partition coefficient (Wildman–Crippen LogP) is -0.00280. The van der Waals surface area contributed by atoms with Gasteiger partial charge in [-0.25, -0.2) is 8.78 Å². The van der Waals surface area contributed by atoms with Crippen molar-refractivity contribution in [3.05, 3.63) is 53.9 Å². The van der Waals surface area contributed by atoms with Gasteiger partial charge in [0.15, 0.2) is 0 Å². The summed E-state index contributed by atoms with van der Waals surface area (Å²) < 4.78 is 68.7. The Hall–Kier alpha value is -0.479. The molecule has 0 saturated heterocycles. The van der Waals surface area contributed by atoms with Crippen LogP contribution in [0.15, 0.2) is 36.7 Å². The van der Waals surface area contributed by atoms with Crippen molar-refractivity contribution in [3.8, 4) is 5.75 Å². The van der Waals surface area contributed by atoms with E-state index in [2.05, 4.69) is 4.98 Å². The molecule has 0 aliphatic carbocycles. The van der Waals surface area contributed by atoms with Gasteiger partial charge in [0, 0.05) is 11.8 Å². The third-order valence-electron chi connectivity index (χ3n) is 2.51. The zero-order valence-corrected chi connectivity index (χ0v) is 14.1. The van der Waals surface area contributed by atoms with Crippen LogP contribution in [0.2, 0.25) is 0 Å². The van der Waals surface area contributed by atoms with Crippen LogP contribution in [0.4, 0.5) is 21.7 Å². The van der Waals surface area contributed by atoms with Crippen molar-refractivity contribution in [1.82, 2.24) is 4.98 Å². The van der Waals surface area contributed by atoms with Crippen LogP contribution in [0.25, 0.3) is 0 Å². The van der Waals surface area contributed by atoms with Gasteiger partial charge in [-0.15, -0.1) is 0 Å². The average Bonchev–Trinajstić information content (AvgIpc) is 2.39. The smallest absolute Gasteiger partial charge is 0.487 e. The number of aromatic nitrogens is 1. The van der Waals surface area contributed by atoms with Crippen molar-refractivity contribution in [2.24, 2.45) is 0 Å². The Morgan fingerprint density at radius 1 is 1.05 bits per heavy atom. The molecule has 0 bridgehead atoms. The molecule has 0 aliphatic rings. The van der Waals surface area contributed by atoms with E-state index in [0.29, 0.717) is 6.20 Å². The van der Waals surface area contributed by atoms with Gasteiger partial charge in [0.25, 0.3) is 0 Å². The van der Waals surface area contributed by atoms with Crippen LogP contribution in [-0.2, 0) is 6.61 Å². The molecule has 0 N–H and O–H groups in total. The molecule has 0 unspecified atom stereocenters. The maximum Gasteiger partial charge on any atom is 1.00 e. The van der Waals surface area contributed by atoms with Crippen LogP contribution in [-0.4, -0.2) is 12.0 Å². The second-order valence-corrected chi connectivity index (χ2v) is 4.05. The van der Waals surface area contributed by atoms with E-state index in [1.807, 2.05) is 0 Å². The second-order valence-electron chi connectivity index (χ2n) is 4.05. The van der Waals surface area contributed by atoms with Gasteiger partial charge in [-0.3, -0.25) is 4.98 Å². The Morgan fingerprint density at radius 3 is 2.43 bits per heavy atom. The summed E-state index contributed by atoms with van der Waals surface area (Å²) in [6, 6.07) is 3.54. The molecule has 2 nitrogen and oxygen atoms in total. The molecular weight excluding hydrogens is 319 g/mol. The first-order chi connectivity index (χ1) is 9.36. The van der Waals surface area contributed by atoms with Crippen molar-refractivity contribution < 1.29 is 77.8 Å². The minimum Gasteiger partial charge on any atom is -0.487 e. The van der Waals surface area contributed by atoms with Gasteiger partial charge >= 0.3 is 58.4 Å². The fourth-order valence-corrected chi connectivity index (χ4v) is 1.51. The molecule has 0 saturated carbocycles. The quantitative estimate of drug-likeness (QED) is 0.583. The Labute approximate surface area is 160 Å². The summed E-state index contributed by atoms with van der Waals surface area (Å²) in [5, 5.41) is 0. The molecule has 1 heterocycles. The van der Waals surface area contributed by atoms with Gasteiger partial charge in [0.05, 0.1) is 6.20 Å². The summed E-state index contributed by atoms with van der Waals surface area (Å²) in [5.41, 5.74) is -1.00. The number of nitrogens with zero attached hydrogens (tertiary/aromatic N) is 1. The molecule has 0 radical (unpaired) electrons. The first-order valence-corrected chi connectivity index (χ1v) is 5.58. The fourth-order valence-electron chi connectivity index (χ4n) is 1.51. The molecule has 9 heteroatoms. The van der Waals surface area contributed by atoms with E-state index >= 15 is 0 Å². The summed E-state index contributed by atoms with van der Waals surface area (Å²) in [4.78, 5) is 3.41. The van der Waals surface area contributed by atoms with Gasteiger partial charge in [0.2, 0.25) is 0 Å². The van der Waals surface area contributed by atoms with Gasteiger partial charge in [-0.1, -0.05) is 5.46 Å². The van der Waals surface area contributed by atoms with E-state index in [-0.39, 0.29) is 69.3 Å². The maximum absolute atomic E-state index is 13.3. The Kier molecular flexibility index (Phi) is 6.79. The molecule has 2 aromatic rings. The van der Waals surface area contributed by atoms with E-state index in [0.717, 1.165) is 30.5 Å². The van der Waals surface area contributed by atoms with Crippen molar-refractivity contribution >= 4 is 12.4 Å². The molecule has 2 rings (SSSR count).